The minimum Gasteiger partial charge on any atom is -0.396 e. The number of benzene rings is 1. The molecule has 22 heavy (non-hydrogen) atoms. The number of aromatic nitrogens is 2. The van der Waals surface area contributed by atoms with E-state index in [9.17, 15) is 9.90 Å². The van der Waals surface area contributed by atoms with Crippen LogP contribution in [0.15, 0.2) is 30.3 Å². The lowest BCUT2D eigenvalue weighted by Gasteiger charge is -2.18. The molecular weight excluding hydrogens is 300 g/mol. The summed E-state index contributed by atoms with van der Waals surface area (Å²) in [6.45, 7) is 2.07. The van der Waals surface area contributed by atoms with Gasteiger partial charge in [0.2, 0.25) is 5.13 Å². The van der Waals surface area contributed by atoms with Gasteiger partial charge >= 0.3 is 6.03 Å². The quantitative estimate of drug-likeness (QED) is 0.732. The summed E-state index contributed by atoms with van der Waals surface area (Å²) in [7, 11) is 0. The van der Waals surface area contributed by atoms with Crippen LogP contribution in [-0.4, -0.2) is 27.9 Å². The third-order valence-electron chi connectivity index (χ3n) is 3.08. The molecule has 2 amide bonds. The van der Waals surface area contributed by atoms with Crippen LogP contribution in [0, 0.1) is 0 Å². The maximum absolute atomic E-state index is 12.1. The van der Waals surface area contributed by atoms with Gasteiger partial charge in [0.1, 0.15) is 5.01 Å². The summed E-state index contributed by atoms with van der Waals surface area (Å²) in [6.07, 6.45) is 2.31. The normalized spacial score (nSPS) is 11.9. The number of urea groups is 1. The molecule has 2 rings (SSSR count). The van der Waals surface area contributed by atoms with Crippen LogP contribution < -0.4 is 10.6 Å². The number of aliphatic hydroxyl groups is 1. The largest absolute Gasteiger partial charge is 0.396 e. The van der Waals surface area contributed by atoms with Crippen LogP contribution in [0.5, 0.6) is 0 Å². The third kappa shape index (κ3) is 4.78. The molecular formula is C15H20N4O2S. The summed E-state index contributed by atoms with van der Waals surface area (Å²) in [6, 6.07) is 8.98. The predicted octanol–water partition coefficient (Wildman–Crippen LogP) is 2.74. The van der Waals surface area contributed by atoms with Gasteiger partial charge in [0.05, 0.1) is 6.04 Å². The van der Waals surface area contributed by atoms with Crippen LogP contribution >= 0.6 is 11.3 Å². The summed E-state index contributed by atoms with van der Waals surface area (Å²) in [5.41, 5.74) is 0.954. The van der Waals surface area contributed by atoms with E-state index in [1.807, 2.05) is 30.3 Å². The Kier molecular flexibility index (Phi) is 6.29. The summed E-state index contributed by atoms with van der Waals surface area (Å²) < 4.78 is 0. The highest BCUT2D eigenvalue weighted by atomic mass is 32.1. The lowest BCUT2D eigenvalue weighted by atomic mass is 10.0. The average molecular weight is 320 g/mol. The molecule has 2 aromatic rings. The maximum Gasteiger partial charge on any atom is 0.321 e. The first-order chi connectivity index (χ1) is 10.7. The van der Waals surface area contributed by atoms with Crippen molar-refractivity contribution in [3.8, 4) is 0 Å². The van der Waals surface area contributed by atoms with Crippen molar-refractivity contribution in [1.29, 1.82) is 0 Å². The van der Waals surface area contributed by atoms with Crippen molar-refractivity contribution in [1.82, 2.24) is 15.5 Å². The lowest BCUT2D eigenvalue weighted by molar-refractivity contribution is 0.239. The van der Waals surface area contributed by atoms with Gasteiger partial charge in [-0.2, -0.15) is 0 Å². The van der Waals surface area contributed by atoms with Crippen LogP contribution in [0.3, 0.4) is 0 Å². The van der Waals surface area contributed by atoms with Crippen molar-refractivity contribution in [2.75, 3.05) is 11.9 Å². The van der Waals surface area contributed by atoms with Gasteiger partial charge in [-0.3, -0.25) is 5.32 Å². The summed E-state index contributed by atoms with van der Waals surface area (Å²) in [5, 5.41) is 24.1. The molecule has 0 unspecified atom stereocenters. The number of nitrogens with zero attached hydrogens (tertiary/aromatic N) is 2. The van der Waals surface area contributed by atoms with E-state index in [0.29, 0.717) is 11.6 Å². The Morgan fingerprint density at radius 2 is 2.09 bits per heavy atom. The van der Waals surface area contributed by atoms with E-state index in [1.54, 1.807) is 0 Å². The van der Waals surface area contributed by atoms with Crippen molar-refractivity contribution in [2.24, 2.45) is 0 Å². The minimum atomic E-state index is -0.346. The first-order valence-electron chi connectivity index (χ1n) is 7.28. The molecule has 1 aromatic heterocycles. The van der Waals surface area contributed by atoms with Gasteiger partial charge in [0.25, 0.3) is 0 Å². The molecule has 0 fully saturated rings. The number of carbonyl (C=O) groups excluding carboxylic acids is 1. The second kappa shape index (κ2) is 8.45. The van der Waals surface area contributed by atoms with Crippen LogP contribution in [0.25, 0.3) is 0 Å². The Labute approximate surface area is 133 Å². The Bertz CT molecular complexity index is 588. The fourth-order valence-corrected chi connectivity index (χ4v) is 2.88. The van der Waals surface area contributed by atoms with Crippen LogP contribution in [0.2, 0.25) is 0 Å². The van der Waals surface area contributed by atoms with E-state index in [1.165, 1.54) is 11.3 Å². The maximum atomic E-state index is 12.1. The highest BCUT2D eigenvalue weighted by Gasteiger charge is 2.15. The molecule has 0 aliphatic rings. The molecule has 6 nitrogen and oxygen atoms in total. The van der Waals surface area contributed by atoms with E-state index >= 15 is 0 Å². The molecule has 0 aliphatic carbocycles. The Balaban J connectivity index is 1.95. The molecule has 118 valence electrons. The predicted molar refractivity (Wildman–Crippen MR) is 86.9 cm³/mol. The van der Waals surface area contributed by atoms with E-state index < -0.39 is 0 Å². The molecule has 3 N–H and O–H groups in total. The number of hydrogen-bond acceptors (Lipinski definition) is 5. The van der Waals surface area contributed by atoms with E-state index in [2.05, 4.69) is 27.8 Å². The minimum absolute atomic E-state index is 0.000698. The number of hydrogen-bond donors (Lipinski definition) is 3. The zero-order chi connectivity index (χ0) is 15.8. The van der Waals surface area contributed by atoms with Gasteiger partial charge in [0.15, 0.2) is 0 Å². The number of aliphatic hydroxyl groups excluding tert-OH is 1. The lowest BCUT2D eigenvalue weighted by Crippen LogP contribution is -2.33. The molecule has 0 radical (unpaired) electrons. The van der Waals surface area contributed by atoms with Crippen LogP contribution in [0.1, 0.15) is 36.4 Å². The molecule has 0 saturated heterocycles. The fraction of sp³-hybridized carbons (Fsp3) is 0.400. The monoisotopic (exact) mass is 320 g/mol. The number of carbonyl (C=O) groups is 1. The Morgan fingerprint density at radius 1 is 1.32 bits per heavy atom. The first kappa shape index (κ1) is 16.4. The first-order valence-corrected chi connectivity index (χ1v) is 8.10. The number of nitrogens with one attached hydrogen (secondary N) is 2. The van der Waals surface area contributed by atoms with Crippen molar-refractivity contribution in [3.63, 3.8) is 0 Å². The van der Waals surface area contributed by atoms with Gasteiger partial charge < -0.3 is 10.4 Å². The second-order valence-corrected chi connectivity index (χ2v) is 5.89. The zero-order valence-corrected chi connectivity index (χ0v) is 13.3. The Hall–Kier alpha value is -1.99. The summed E-state index contributed by atoms with van der Waals surface area (Å²) >= 11 is 1.38. The molecule has 1 heterocycles. The van der Waals surface area contributed by atoms with Crippen LogP contribution in [-0.2, 0) is 6.42 Å². The van der Waals surface area contributed by atoms with Gasteiger partial charge in [-0.1, -0.05) is 48.6 Å². The van der Waals surface area contributed by atoms with Gasteiger partial charge in [0, 0.05) is 13.0 Å². The molecule has 0 spiro atoms. The third-order valence-corrected chi connectivity index (χ3v) is 3.97. The zero-order valence-electron chi connectivity index (χ0n) is 12.5. The van der Waals surface area contributed by atoms with Gasteiger partial charge in [-0.25, -0.2) is 4.79 Å². The number of amides is 2. The van der Waals surface area contributed by atoms with E-state index in [0.717, 1.165) is 23.4 Å². The number of rotatable bonds is 7. The topological polar surface area (TPSA) is 87.1 Å². The van der Waals surface area contributed by atoms with Crippen molar-refractivity contribution >= 4 is 22.5 Å². The number of aryl methyl sites for hydroxylation is 1. The molecule has 0 bridgehead atoms. The van der Waals surface area contributed by atoms with Crippen LogP contribution in [0.4, 0.5) is 9.93 Å². The summed E-state index contributed by atoms with van der Waals surface area (Å²) in [5.74, 6) is 0. The fourth-order valence-electron chi connectivity index (χ4n) is 2.05. The molecule has 0 saturated carbocycles. The molecule has 7 heteroatoms. The summed E-state index contributed by atoms with van der Waals surface area (Å²) in [4.78, 5) is 12.1. The van der Waals surface area contributed by atoms with Crippen molar-refractivity contribution in [3.05, 3.63) is 40.9 Å². The highest BCUT2D eigenvalue weighted by molar-refractivity contribution is 7.15. The SMILES string of the molecule is CCCc1nnc(NC(=O)N[C@H](CCO)c2ccccc2)s1. The second-order valence-electron chi connectivity index (χ2n) is 4.82. The van der Waals surface area contributed by atoms with E-state index in [-0.39, 0.29) is 18.7 Å². The molecule has 1 aromatic carbocycles. The average Bonchev–Trinajstić information content (AvgIpc) is 2.95. The van der Waals surface area contributed by atoms with Gasteiger partial charge in [-0.15, -0.1) is 10.2 Å². The van der Waals surface area contributed by atoms with Crippen molar-refractivity contribution < 1.29 is 9.90 Å². The number of anilines is 1. The standard InChI is InChI=1S/C15H20N4O2S/c1-2-6-13-18-19-15(22-13)17-14(21)16-12(9-10-20)11-7-4-3-5-8-11/h3-5,7-8,12,20H,2,6,9-10H2,1H3,(H2,16,17,19,21)/t12-/m1/s1. The Morgan fingerprint density at radius 3 is 2.77 bits per heavy atom. The molecule has 1 atom stereocenters. The van der Waals surface area contributed by atoms with Crippen molar-refractivity contribution in [2.45, 2.75) is 32.2 Å². The molecule has 0 aliphatic heterocycles. The van der Waals surface area contributed by atoms with Gasteiger partial charge in [-0.05, 0) is 18.4 Å². The van der Waals surface area contributed by atoms with E-state index in [4.69, 9.17) is 0 Å². The smallest absolute Gasteiger partial charge is 0.321 e. The highest BCUT2D eigenvalue weighted by Crippen LogP contribution is 2.18.